The van der Waals surface area contributed by atoms with Gasteiger partial charge in [-0.1, -0.05) is 13.8 Å². The topological polar surface area (TPSA) is 49.3 Å². The van der Waals surface area contributed by atoms with Crippen LogP contribution in [0.15, 0.2) is 0 Å². The van der Waals surface area contributed by atoms with Crippen LogP contribution >= 0.6 is 0 Å². The summed E-state index contributed by atoms with van der Waals surface area (Å²) in [5.74, 6) is 0.220. The molecule has 0 heterocycles. The summed E-state index contributed by atoms with van der Waals surface area (Å²) in [6, 6.07) is 0. The van der Waals surface area contributed by atoms with Crippen molar-refractivity contribution in [2.45, 2.75) is 38.5 Å². The molecule has 3 unspecified atom stereocenters. The Labute approximate surface area is 89.7 Å². The lowest BCUT2D eigenvalue weighted by Gasteiger charge is -2.28. The van der Waals surface area contributed by atoms with Crippen molar-refractivity contribution in [3.63, 3.8) is 0 Å². The Morgan fingerprint density at radius 1 is 1.43 bits per heavy atom. The molecule has 86 valence electrons. The second-order valence-electron chi connectivity index (χ2n) is 4.45. The lowest BCUT2D eigenvalue weighted by atomic mass is 9.92. The standard InChI is InChI=1S/C10H23NO2S/c1-8(2)10(4,12)7-11-6-9(3)14(5)13/h8-9,11-12H,6-7H2,1-5H3. The quantitative estimate of drug-likeness (QED) is 0.696. The van der Waals surface area contributed by atoms with Gasteiger partial charge in [0.1, 0.15) is 0 Å². The third-order valence-corrected chi connectivity index (χ3v) is 4.03. The zero-order chi connectivity index (χ0) is 11.4. The predicted molar refractivity (Wildman–Crippen MR) is 61.9 cm³/mol. The molecule has 0 aliphatic heterocycles. The van der Waals surface area contributed by atoms with E-state index in [0.29, 0.717) is 13.1 Å². The van der Waals surface area contributed by atoms with Gasteiger partial charge in [0.15, 0.2) is 0 Å². The Hall–Kier alpha value is 0.0700. The van der Waals surface area contributed by atoms with Gasteiger partial charge in [0.2, 0.25) is 0 Å². The van der Waals surface area contributed by atoms with Crippen LogP contribution in [0.5, 0.6) is 0 Å². The number of hydrogen-bond acceptors (Lipinski definition) is 3. The highest BCUT2D eigenvalue weighted by Crippen LogP contribution is 2.14. The molecule has 2 N–H and O–H groups in total. The average Bonchev–Trinajstić information content (AvgIpc) is 2.03. The summed E-state index contributed by atoms with van der Waals surface area (Å²) in [7, 11) is -0.793. The first-order chi connectivity index (χ1) is 6.27. The molecular weight excluding hydrogens is 198 g/mol. The van der Waals surface area contributed by atoms with Gasteiger partial charge in [-0.15, -0.1) is 0 Å². The summed E-state index contributed by atoms with van der Waals surface area (Å²) < 4.78 is 11.0. The van der Waals surface area contributed by atoms with E-state index in [4.69, 9.17) is 0 Å². The van der Waals surface area contributed by atoms with Crippen LogP contribution in [0.3, 0.4) is 0 Å². The molecule has 4 heteroatoms. The second kappa shape index (κ2) is 5.83. The van der Waals surface area contributed by atoms with Crippen molar-refractivity contribution in [3.8, 4) is 0 Å². The van der Waals surface area contributed by atoms with Crippen LogP contribution in [0, 0.1) is 5.92 Å². The molecule has 3 nitrogen and oxygen atoms in total. The highest BCUT2D eigenvalue weighted by Gasteiger charge is 2.24. The number of nitrogens with one attached hydrogen (secondary N) is 1. The van der Waals surface area contributed by atoms with Crippen LogP contribution in [-0.2, 0) is 10.8 Å². The molecule has 0 radical (unpaired) electrons. The summed E-state index contributed by atoms with van der Waals surface area (Å²) in [6.07, 6.45) is 1.70. The van der Waals surface area contributed by atoms with Crippen molar-refractivity contribution in [1.29, 1.82) is 0 Å². The van der Waals surface area contributed by atoms with E-state index in [1.54, 1.807) is 6.26 Å². The molecule has 0 fully saturated rings. The van der Waals surface area contributed by atoms with Crippen molar-refractivity contribution in [2.24, 2.45) is 5.92 Å². The maximum Gasteiger partial charge on any atom is 0.0766 e. The smallest absolute Gasteiger partial charge is 0.0766 e. The van der Waals surface area contributed by atoms with Gasteiger partial charge >= 0.3 is 0 Å². The molecule has 0 amide bonds. The van der Waals surface area contributed by atoms with Gasteiger partial charge in [-0.25, -0.2) is 0 Å². The Morgan fingerprint density at radius 3 is 2.29 bits per heavy atom. The molecule has 14 heavy (non-hydrogen) atoms. The fraction of sp³-hybridized carbons (Fsp3) is 1.00. The van der Waals surface area contributed by atoms with Crippen molar-refractivity contribution in [1.82, 2.24) is 5.32 Å². The van der Waals surface area contributed by atoms with Gasteiger partial charge in [0, 0.05) is 35.4 Å². The molecule has 0 aliphatic rings. The first kappa shape index (κ1) is 14.1. The minimum absolute atomic E-state index is 0.137. The maximum atomic E-state index is 11.0. The van der Waals surface area contributed by atoms with Crippen molar-refractivity contribution in [3.05, 3.63) is 0 Å². The summed E-state index contributed by atoms with van der Waals surface area (Å²) in [5, 5.41) is 13.2. The van der Waals surface area contributed by atoms with E-state index in [1.165, 1.54) is 0 Å². The molecule has 0 aromatic rings. The summed E-state index contributed by atoms with van der Waals surface area (Å²) >= 11 is 0. The molecule has 0 spiro atoms. The Balaban J connectivity index is 3.79. The van der Waals surface area contributed by atoms with E-state index < -0.39 is 16.4 Å². The highest BCUT2D eigenvalue weighted by atomic mass is 32.2. The molecule has 0 rings (SSSR count). The molecule has 0 aromatic carbocycles. The minimum atomic E-state index is -0.793. The molecular formula is C10H23NO2S. The number of rotatable bonds is 6. The first-order valence-electron chi connectivity index (χ1n) is 5.02. The lowest BCUT2D eigenvalue weighted by Crippen LogP contribution is -2.44. The third kappa shape index (κ3) is 5.08. The fourth-order valence-corrected chi connectivity index (χ4v) is 1.20. The monoisotopic (exact) mass is 221 g/mol. The minimum Gasteiger partial charge on any atom is -0.389 e. The summed E-state index contributed by atoms with van der Waals surface area (Å²) in [6.45, 7) is 8.97. The lowest BCUT2D eigenvalue weighted by molar-refractivity contribution is 0.0145. The molecule has 3 atom stereocenters. The maximum absolute atomic E-state index is 11.0. The Morgan fingerprint density at radius 2 is 1.93 bits per heavy atom. The van der Waals surface area contributed by atoms with Crippen LogP contribution in [0.2, 0.25) is 0 Å². The van der Waals surface area contributed by atoms with Gasteiger partial charge in [-0.05, 0) is 19.8 Å². The number of hydrogen-bond donors (Lipinski definition) is 2. The Kier molecular flexibility index (Phi) is 5.86. The van der Waals surface area contributed by atoms with Crippen molar-refractivity contribution < 1.29 is 9.32 Å². The largest absolute Gasteiger partial charge is 0.389 e. The van der Waals surface area contributed by atoms with E-state index in [1.807, 2.05) is 27.7 Å². The van der Waals surface area contributed by atoms with Gasteiger partial charge in [-0.2, -0.15) is 0 Å². The second-order valence-corrected chi connectivity index (χ2v) is 6.25. The molecule has 0 saturated carbocycles. The van der Waals surface area contributed by atoms with Crippen molar-refractivity contribution in [2.75, 3.05) is 19.3 Å². The van der Waals surface area contributed by atoms with Gasteiger partial charge < -0.3 is 10.4 Å². The highest BCUT2D eigenvalue weighted by molar-refractivity contribution is 7.84. The summed E-state index contributed by atoms with van der Waals surface area (Å²) in [5.41, 5.74) is -0.686. The van der Waals surface area contributed by atoms with Crippen LogP contribution in [-0.4, -0.2) is 39.5 Å². The van der Waals surface area contributed by atoms with E-state index in [-0.39, 0.29) is 11.2 Å². The van der Waals surface area contributed by atoms with Gasteiger partial charge in [-0.3, -0.25) is 4.21 Å². The molecule has 0 bridgehead atoms. The number of aliphatic hydroxyl groups is 1. The van der Waals surface area contributed by atoms with Gasteiger partial charge in [0.25, 0.3) is 0 Å². The summed E-state index contributed by atoms with van der Waals surface area (Å²) in [4.78, 5) is 0. The molecule has 0 saturated heterocycles. The van der Waals surface area contributed by atoms with Crippen LogP contribution in [0.25, 0.3) is 0 Å². The van der Waals surface area contributed by atoms with Crippen LogP contribution < -0.4 is 5.32 Å². The van der Waals surface area contributed by atoms with Crippen LogP contribution in [0.4, 0.5) is 0 Å². The molecule has 0 aromatic heterocycles. The first-order valence-corrected chi connectivity index (χ1v) is 6.65. The van der Waals surface area contributed by atoms with E-state index >= 15 is 0 Å². The zero-order valence-electron chi connectivity index (χ0n) is 9.83. The van der Waals surface area contributed by atoms with E-state index in [0.717, 1.165) is 0 Å². The van der Waals surface area contributed by atoms with Crippen molar-refractivity contribution >= 4 is 10.8 Å². The molecule has 0 aliphatic carbocycles. The zero-order valence-corrected chi connectivity index (χ0v) is 10.6. The van der Waals surface area contributed by atoms with E-state index in [2.05, 4.69) is 5.32 Å². The normalized spacial score (nSPS) is 20.5. The predicted octanol–water partition coefficient (Wildman–Crippen LogP) is 0.750. The van der Waals surface area contributed by atoms with E-state index in [9.17, 15) is 9.32 Å². The fourth-order valence-electron chi connectivity index (χ4n) is 0.850. The van der Waals surface area contributed by atoms with Gasteiger partial charge in [0.05, 0.1) is 5.60 Å². The third-order valence-electron chi connectivity index (χ3n) is 2.73. The Bertz CT molecular complexity index is 193. The van der Waals surface area contributed by atoms with Crippen LogP contribution in [0.1, 0.15) is 27.7 Å². The SMILES string of the molecule is CC(CNCC(C)(O)C(C)C)S(C)=O. The average molecular weight is 221 g/mol.